The molecule has 7 heteroatoms. The molecule has 30 heavy (non-hydrogen) atoms. The van der Waals surface area contributed by atoms with Crippen molar-refractivity contribution in [2.75, 3.05) is 10.2 Å². The summed E-state index contributed by atoms with van der Waals surface area (Å²) in [4.78, 5) is 31.6. The van der Waals surface area contributed by atoms with Crippen LogP contribution in [-0.4, -0.2) is 22.2 Å². The van der Waals surface area contributed by atoms with Gasteiger partial charge in [-0.2, -0.15) is 0 Å². The lowest BCUT2D eigenvalue weighted by Gasteiger charge is -2.16. The number of anilines is 2. The molecule has 0 bridgehead atoms. The molecular formula is C23H18BrN3O2S. The van der Waals surface area contributed by atoms with Crippen molar-refractivity contribution in [2.45, 2.75) is 11.7 Å². The molecule has 150 valence electrons. The van der Waals surface area contributed by atoms with E-state index < -0.39 is 5.25 Å². The number of nitrogens with one attached hydrogen (secondary N) is 1. The fraction of sp³-hybridized carbons (Fsp3) is 0.0870. The standard InChI is InChI=1S/C23H18BrN3O2S/c24-16-11-13-19(14-12-16)27-21(28)15-20(22(27)29)30-23(25-17-7-3-1-4-8-17)26-18-9-5-2-6-10-18/h1-14,20H,15H2,(H,25,26)/t20-/m1/s1. The van der Waals surface area contributed by atoms with Crippen LogP contribution in [0, 0.1) is 0 Å². The van der Waals surface area contributed by atoms with Crippen molar-refractivity contribution in [1.29, 1.82) is 0 Å². The molecule has 0 saturated carbocycles. The maximum Gasteiger partial charge on any atom is 0.247 e. The molecule has 0 aliphatic carbocycles. The first-order valence-electron chi connectivity index (χ1n) is 9.35. The summed E-state index contributed by atoms with van der Waals surface area (Å²) in [6.07, 6.45) is 0.129. The number of benzene rings is 3. The Labute approximate surface area is 187 Å². The van der Waals surface area contributed by atoms with Crippen LogP contribution in [0.3, 0.4) is 0 Å². The highest BCUT2D eigenvalue weighted by Crippen LogP contribution is 2.32. The highest BCUT2D eigenvalue weighted by molar-refractivity contribution is 9.10. The van der Waals surface area contributed by atoms with Gasteiger partial charge in [-0.25, -0.2) is 9.89 Å². The molecule has 1 aliphatic rings. The third-order valence-electron chi connectivity index (χ3n) is 4.46. The Morgan fingerprint density at radius 1 is 0.933 bits per heavy atom. The van der Waals surface area contributed by atoms with Gasteiger partial charge in [0.05, 0.1) is 11.4 Å². The monoisotopic (exact) mass is 479 g/mol. The fourth-order valence-electron chi connectivity index (χ4n) is 3.04. The van der Waals surface area contributed by atoms with Gasteiger partial charge in [0.25, 0.3) is 0 Å². The minimum atomic E-state index is -0.542. The topological polar surface area (TPSA) is 61.8 Å². The number of carbonyl (C=O) groups excluding carboxylic acids is 2. The summed E-state index contributed by atoms with van der Waals surface area (Å²) >= 11 is 4.65. The maximum absolute atomic E-state index is 13.0. The Morgan fingerprint density at radius 2 is 1.57 bits per heavy atom. The number of carbonyl (C=O) groups is 2. The van der Waals surface area contributed by atoms with Crippen LogP contribution < -0.4 is 10.2 Å². The van der Waals surface area contributed by atoms with E-state index in [1.54, 1.807) is 12.1 Å². The van der Waals surface area contributed by atoms with E-state index in [0.717, 1.165) is 15.8 Å². The molecule has 1 heterocycles. The Hall–Kier alpha value is -2.90. The summed E-state index contributed by atoms with van der Waals surface area (Å²) in [5, 5.41) is 3.30. The Bertz CT molecular complexity index is 1070. The number of amidine groups is 1. The smallest absolute Gasteiger partial charge is 0.247 e. The number of imide groups is 1. The van der Waals surface area contributed by atoms with E-state index >= 15 is 0 Å². The molecule has 1 N–H and O–H groups in total. The fourth-order valence-corrected chi connectivity index (χ4v) is 4.34. The minimum Gasteiger partial charge on any atom is -0.335 e. The molecule has 0 unspecified atom stereocenters. The van der Waals surface area contributed by atoms with Crippen molar-refractivity contribution in [3.63, 3.8) is 0 Å². The van der Waals surface area contributed by atoms with Crippen LogP contribution in [0.4, 0.5) is 17.1 Å². The van der Waals surface area contributed by atoms with Gasteiger partial charge in [-0.15, -0.1) is 0 Å². The molecule has 1 atom stereocenters. The van der Waals surface area contributed by atoms with Crippen molar-refractivity contribution in [1.82, 2.24) is 0 Å². The molecule has 3 aromatic carbocycles. The molecule has 0 radical (unpaired) electrons. The lowest BCUT2D eigenvalue weighted by Crippen LogP contribution is -2.31. The molecule has 0 aromatic heterocycles. The number of thioether (sulfide) groups is 1. The summed E-state index contributed by atoms with van der Waals surface area (Å²) < 4.78 is 0.889. The van der Waals surface area contributed by atoms with Gasteiger partial charge >= 0.3 is 0 Å². The lowest BCUT2D eigenvalue weighted by atomic mass is 10.3. The van der Waals surface area contributed by atoms with Crippen LogP contribution in [0.1, 0.15) is 6.42 Å². The van der Waals surface area contributed by atoms with E-state index in [1.807, 2.05) is 72.8 Å². The normalized spacial score (nSPS) is 16.8. The number of hydrogen-bond acceptors (Lipinski definition) is 4. The number of halogens is 1. The first kappa shape index (κ1) is 20.4. The van der Waals surface area contributed by atoms with E-state index in [0.29, 0.717) is 10.9 Å². The van der Waals surface area contributed by atoms with Crippen molar-refractivity contribution in [2.24, 2.45) is 4.99 Å². The number of hydrogen-bond donors (Lipinski definition) is 1. The second-order valence-electron chi connectivity index (χ2n) is 6.60. The molecule has 2 amide bonds. The van der Waals surface area contributed by atoms with E-state index in [4.69, 9.17) is 0 Å². The second-order valence-corrected chi connectivity index (χ2v) is 8.71. The van der Waals surface area contributed by atoms with Crippen molar-refractivity contribution in [3.05, 3.63) is 89.4 Å². The number of amides is 2. The van der Waals surface area contributed by atoms with Gasteiger partial charge in [-0.1, -0.05) is 64.1 Å². The van der Waals surface area contributed by atoms with E-state index in [-0.39, 0.29) is 18.2 Å². The van der Waals surface area contributed by atoms with Crippen molar-refractivity contribution < 1.29 is 9.59 Å². The average Bonchev–Trinajstić information content (AvgIpc) is 3.03. The molecular weight excluding hydrogens is 462 g/mol. The minimum absolute atomic E-state index is 0.129. The van der Waals surface area contributed by atoms with Gasteiger partial charge in [-0.05, 0) is 48.5 Å². The average molecular weight is 480 g/mol. The van der Waals surface area contributed by atoms with E-state index in [1.165, 1.54) is 16.7 Å². The molecule has 1 saturated heterocycles. The molecule has 1 fully saturated rings. The molecule has 1 aliphatic heterocycles. The third kappa shape index (κ3) is 4.80. The van der Waals surface area contributed by atoms with E-state index in [2.05, 4.69) is 26.2 Å². The highest BCUT2D eigenvalue weighted by Gasteiger charge is 2.40. The van der Waals surface area contributed by atoms with Crippen molar-refractivity contribution in [3.8, 4) is 0 Å². The largest absolute Gasteiger partial charge is 0.335 e. The number of para-hydroxylation sites is 2. The van der Waals surface area contributed by atoms with Crippen LogP contribution in [0.25, 0.3) is 0 Å². The van der Waals surface area contributed by atoms with Crippen molar-refractivity contribution >= 4 is 61.7 Å². The lowest BCUT2D eigenvalue weighted by molar-refractivity contribution is -0.121. The molecule has 4 rings (SSSR count). The van der Waals surface area contributed by atoms with Crippen LogP contribution in [0.2, 0.25) is 0 Å². The zero-order valence-electron chi connectivity index (χ0n) is 15.9. The van der Waals surface area contributed by atoms with Crippen LogP contribution in [-0.2, 0) is 9.59 Å². The van der Waals surface area contributed by atoms with Gasteiger partial charge in [0, 0.05) is 16.6 Å². The first-order chi connectivity index (χ1) is 14.6. The molecule has 3 aromatic rings. The number of nitrogens with zero attached hydrogens (tertiary/aromatic N) is 2. The molecule has 0 spiro atoms. The van der Waals surface area contributed by atoms with Crippen LogP contribution in [0.15, 0.2) is 94.4 Å². The van der Waals surface area contributed by atoms with E-state index in [9.17, 15) is 9.59 Å². The molecule has 5 nitrogen and oxygen atoms in total. The first-order valence-corrected chi connectivity index (χ1v) is 11.0. The summed E-state index contributed by atoms with van der Waals surface area (Å²) in [5.41, 5.74) is 2.21. The quantitative estimate of drug-likeness (QED) is 0.300. The summed E-state index contributed by atoms with van der Waals surface area (Å²) in [6.45, 7) is 0. The second kappa shape index (κ2) is 9.28. The third-order valence-corrected chi connectivity index (χ3v) is 6.05. The zero-order chi connectivity index (χ0) is 20.9. The Morgan fingerprint density at radius 3 is 2.23 bits per heavy atom. The van der Waals surface area contributed by atoms with Crippen LogP contribution >= 0.6 is 27.7 Å². The number of rotatable bonds is 4. The Kier molecular flexibility index (Phi) is 6.30. The highest BCUT2D eigenvalue weighted by atomic mass is 79.9. The predicted octanol–water partition coefficient (Wildman–Crippen LogP) is 5.61. The Balaban J connectivity index is 1.58. The van der Waals surface area contributed by atoms with Gasteiger partial charge in [0.15, 0.2) is 5.17 Å². The van der Waals surface area contributed by atoms with Gasteiger partial charge < -0.3 is 5.32 Å². The SMILES string of the molecule is O=C1C[C@@H](SC(=Nc2ccccc2)Nc2ccccc2)C(=O)N1c1ccc(Br)cc1. The summed E-state index contributed by atoms with van der Waals surface area (Å²) in [6, 6.07) is 26.3. The summed E-state index contributed by atoms with van der Waals surface area (Å²) in [7, 11) is 0. The number of aliphatic imine (C=N–C) groups is 1. The zero-order valence-corrected chi connectivity index (χ0v) is 18.3. The predicted molar refractivity (Wildman–Crippen MR) is 126 cm³/mol. The van der Waals surface area contributed by atoms with Crippen LogP contribution in [0.5, 0.6) is 0 Å². The van der Waals surface area contributed by atoms with Gasteiger partial charge in [-0.3, -0.25) is 9.59 Å². The van der Waals surface area contributed by atoms with Gasteiger partial charge in [0.1, 0.15) is 5.25 Å². The summed E-state index contributed by atoms with van der Waals surface area (Å²) in [5.74, 6) is -0.443. The van der Waals surface area contributed by atoms with Gasteiger partial charge in [0.2, 0.25) is 11.8 Å². The maximum atomic E-state index is 13.0.